The maximum atomic E-state index is 12.1. The zero-order valence-electron chi connectivity index (χ0n) is 13.3. The second-order valence-electron chi connectivity index (χ2n) is 6.27. The van der Waals surface area contributed by atoms with Gasteiger partial charge >= 0.3 is 6.09 Å². The molecule has 24 heavy (non-hydrogen) atoms. The van der Waals surface area contributed by atoms with Crippen molar-refractivity contribution in [1.29, 1.82) is 0 Å². The van der Waals surface area contributed by atoms with E-state index in [1.54, 1.807) is 6.07 Å². The molecule has 0 radical (unpaired) electrons. The van der Waals surface area contributed by atoms with Crippen molar-refractivity contribution in [3.05, 3.63) is 42.5 Å². The van der Waals surface area contributed by atoms with Crippen molar-refractivity contribution in [2.24, 2.45) is 5.92 Å². The number of carbonyl (C=O) groups excluding carboxylic acids is 1. The van der Waals surface area contributed by atoms with E-state index in [4.69, 9.17) is 9.47 Å². The number of fused-ring (bicyclic) bond motifs is 3. The molecule has 1 atom stereocenters. The number of nitrogens with one attached hydrogen (secondary N) is 1. The quantitative estimate of drug-likeness (QED) is 0.918. The molecular formula is C18H20N2O3S. The number of amides is 1. The van der Waals surface area contributed by atoms with E-state index in [-0.39, 0.29) is 12.1 Å². The largest absolute Gasteiger partial charge is 0.447 e. The van der Waals surface area contributed by atoms with Gasteiger partial charge in [0.25, 0.3) is 0 Å². The van der Waals surface area contributed by atoms with Gasteiger partial charge in [-0.15, -0.1) is 0 Å². The van der Waals surface area contributed by atoms with E-state index in [0.29, 0.717) is 16.0 Å². The average Bonchev–Trinajstić information content (AvgIpc) is 3.03. The summed E-state index contributed by atoms with van der Waals surface area (Å²) in [6.07, 6.45) is 1.96. The van der Waals surface area contributed by atoms with Gasteiger partial charge in [0.05, 0.1) is 0 Å². The number of nitrogens with zero attached hydrogens (tertiary/aromatic N) is 1. The van der Waals surface area contributed by atoms with Crippen LogP contribution in [-0.4, -0.2) is 36.7 Å². The number of hydrogen-bond donors (Lipinski definition) is 1. The monoisotopic (exact) mass is 344 g/mol. The van der Waals surface area contributed by atoms with Crippen LogP contribution in [0.1, 0.15) is 12.8 Å². The van der Waals surface area contributed by atoms with Crippen LogP contribution in [0.2, 0.25) is 0 Å². The molecule has 2 aromatic rings. The highest BCUT2D eigenvalue weighted by Crippen LogP contribution is 2.34. The molecule has 3 aliphatic heterocycles. The molecule has 126 valence electrons. The van der Waals surface area contributed by atoms with Gasteiger partial charge in [-0.2, -0.15) is 0 Å². The molecule has 3 fully saturated rings. The highest BCUT2D eigenvalue weighted by Gasteiger charge is 2.35. The van der Waals surface area contributed by atoms with Gasteiger partial charge in [-0.3, -0.25) is 0 Å². The summed E-state index contributed by atoms with van der Waals surface area (Å²) < 4.78 is 11.1. The smallest absolute Gasteiger partial charge is 0.413 e. The van der Waals surface area contributed by atoms with Crippen LogP contribution in [0, 0.1) is 5.92 Å². The molecule has 1 N–H and O–H groups in total. The summed E-state index contributed by atoms with van der Waals surface area (Å²) in [7, 11) is 0. The molecule has 1 aromatic heterocycles. The molecule has 0 aliphatic carbocycles. The Kier molecular flexibility index (Phi) is 4.40. The molecule has 0 saturated carbocycles. The van der Waals surface area contributed by atoms with Crippen molar-refractivity contribution < 1.29 is 14.3 Å². The summed E-state index contributed by atoms with van der Waals surface area (Å²) in [5.41, 5.74) is 0. The third-order valence-electron chi connectivity index (χ3n) is 4.67. The highest BCUT2D eigenvalue weighted by molar-refractivity contribution is 7.15. The minimum atomic E-state index is -0.373. The number of rotatable bonds is 4. The van der Waals surface area contributed by atoms with Crippen LogP contribution in [0.3, 0.4) is 0 Å². The van der Waals surface area contributed by atoms with Crippen molar-refractivity contribution in [1.82, 2.24) is 10.2 Å². The van der Waals surface area contributed by atoms with Gasteiger partial charge < -0.3 is 19.7 Å². The third-order valence-corrected chi connectivity index (χ3v) is 5.51. The molecule has 3 saturated heterocycles. The summed E-state index contributed by atoms with van der Waals surface area (Å²) in [5.74, 6) is 1.35. The van der Waals surface area contributed by atoms with Crippen LogP contribution in [0.5, 0.6) is 15.9 Å². The summed E-state index contributed by atoms with van der Waals surface area (Å²) in [6, 6.07) is 13.3. The zero-order valence-corrected chi connectivity index (χ0v) is 14.1. The maximum absolute atomic E-state index is 12.1. The van der Waals surface area contributed by atoms with Gasteiger partial charge in [-0.1, -0.05) is 29.5 Å². The maximum Gasteiger partial charge on any atom is 0.413 e. The predicted octanol–water partition coefficient (Wildman–Crippen LogP) is 3.72. The Morgan fingerprint density at radius 3 is 2.54 bits per heavy atom. The first-order valence-electron chi connectivity index (χ1n) is 8.30. The molecule has 3 aliphatic rings. The second kappa shape index (κ2) is 6.83. The normalized spacial score (nSPS) is 25.2. The Morgan fingerprint density at radius 2 is 1.83 bits per heavy atom. The van der Waals surface area contributed by atoms with Gasteiger partial charge in [-0.05, 0) is 56.1 Å². The fraction of sp³-hybridized carbons (Fsp3) is 0.389. The summed E-state index contributed by atoms with van der Waals surface area (Å²) in [5, 5.41) is 4.26. The Morgan fingerprint density at radius 1 is 1.08 bits per heavy atom. The number of carbonyl (C=O) groups is 1. The van der Waals surface area contributed by atoms with Gasteiger partial charge in [0.2, 0.25) is 0 Å². The molecule has 1 aromatic carbocycles. The fourth-order valence-corrected chi connectivity index (χ4v) is 4.14. The van der Waals surface area contributed by atoms with Crippen molar-refractivity contribution in [3.8, 4) is 15.9 Å². The first-order valence-corrected chi connectivity index (χ1v) is 9.11. The van der Waals surface area contributed by atoms with Crippen LogP contribution in [0.4, 0.5) is 4.79 Å². The highest BCUT2D eigenvalue weighted by atomic mass is 32.1. The molecule has 6 heteroatoms. The first-order chi connectivity index (χ1) is 11.8. The summed E-state index contributed by atoms with van der Waals surface area (Å²) >= 11 is 1.32. The van der Waals surface area contributed by atoms with Crippen molar-refractivity contribution in [3.63, 3.8) is 0 Å². The summed E-state index contributed by atoms with van der Waals surface area (Å²) in [6.45, 7) is 3.25. The molecule has 1 unspecified atom stereocenters. The Bertz CT molecular complexity index is 695. The second-order valence-corrected chi connectivity index (χ2v) is 7.28. The van der Waals surface area contributed by atoms with Crippen LogP contribution in [-0.2, 0) is 0 Å². The molecular weight excluding hydrogens is 324 g/mol. The first kappa shape index (κ1) is 15.5. The van der Waals surface area contributed by atoms with Crippen LogP contribution < -0.4 is 14.8 Å². The number of hydrogen-bond acceptors (Lipinski definition) is 5. The SMILES string of the molecule is O=C(NC1CN2CCC1CC2)Oc1ccc(Oc2ccccc2)s1. The van der Waals surface area contributed by atoms with Crippen molar-refractivity contribution >= 4 is 17.4 Å². The molecule has 1 amide bonds. The van der Waals surface area contributed by atoms with E-state index >= 15 is 0 Å². The Labute approximate surface area is 145 Å². The number of ether oxygens (including phenoxy) is 2. The Hall–Kier alpha value is -2.05. The van der Waals surface area contributed by atoms with E-state index < -0.39 is 0 Å². The van der Waals surface area contributed by atoms with E-state index in [0.717, 1.165) is 25.4 Å². The lowest BCUT2D eigenvalue weighted by Gasteiger charge is -2.44. The van der Waals surface area contributed by atoms with Crippen molar-refractivity contribution in [2.75, 3.05) is 19.6 Å². The molecule has 5 nitrogen and oxygen atoms in total. The Balaban J connectivity index is 1.31. The minimum absolute atomic E-state index is 0.208. The van der Waals surface area contributed by atoms with E-state index in [1.165, 1.54) is 24.2 Å². The van der Waals surface area contributed by atoms with Crippen molar-refractivity contribution in [2.45, 2.75) is 18.9 Å². The number of piperidine rings is 3. The van der Waals surface area contributed by atoms with E-state index in [1.807, 2.05) is 36.4 Å². The standard InChI is InChI=1S/C18H20N2O3S/c21-18(19-15-12-20-10-8-13(15)9-11-20)23-17-7-6-16(24-17)22-14-4-2-1-3-5-14/h1-7,13,15H,8-12H2,(H,19,21). The molecule has 2 bridgehead atoms. The van der Waals surface area contributed by atoms with Gasteiger partial charge in [0.1, 0.15) is 5.75 Å². The summed E-state index contributed by atoms with van der Waals surface area (Å²) in [4.78, 5) is 14.5. The van der Waals surface area contributed by atoms with Gasteiger partial charge in [0.15, 0.2) is 10.1 Å². The minimum Gasteiger partial charge on any atom is -0.447 e. The number of benzene rings is 1. The lowest BCUT2D eigenvalue weighted by molar-refractivity contribution is 0.0726. The number of para-hydroxylation sites is 1. The molecule has 5 rings (SSSR count). The van der Waals surface area contributed by atoms with E-state index in [9.17, 15) is 4.79 Å². The van der Waals surface area contributed by atoms with Crippen LogP contribution >= 0.6 is 11.3 Å². The molecule has 0 spiro atoms. The zero-order chi connectivity index (χ0) is 16.4. The van der Waals surface area contributed by atoms with Gasteiger partial charge in [0, 0.05) is 12.6 Å². The molecule has 4 heterocycles. The fourth-order valence-electron chi connectivity index (χ4n) is 3.42. The van der Waals surface area contributed by atoms with Crippen LogP contribution in [0.25, 0.3) is 0 Å². The number of thiophene rings is 1. The lowest BCUT2D eigenvalue weighted by Crippen LogP contribution is -2.57. The van der Waals surface area contributed by atoms with Crippen LogP contribution in [0.15, 0.2) is 42.5 Å². The lowest BCUT2D eigenvalue weighted by atomic mass is 9.84. The topological polar surface area (TPSA) is 50.8 Å². The van der Waals surface area contributed by atoms with Gasteiger partial charge in [-0.25, -0.2) is 4.79 Å². The third kappa shape index (κ3) is 3.55. The average molecular weight is 344 g/mol. The predicted molar refractivity (Wildman–Crippen MR) is 92.9 cm³/mol. The van der Waals surface area contributed by atoms with E-state index in [2.05, 4.69) is 10.2 Å².